The van der Waals surface area contributed by atoms with Gasteiger partial charge in [-0.1, -0.05) is 37.3 Å². The van der Waals surface area contributed by atoms with Crippen LogP contribution in [-0.2, 0) is 6.42 Å². The predicted octanol–water partition coefficient (Wildman–Crippen LogP) is 4.02. The third-order valence-electron chi connectivity index (χ3n) is 4.13. The minimum absolute atomic E-state index is 0.0849. The molecule has 0 aliphatic carbocycles. The highest BCUT2D eigenvalue weighted by molar-refractivity contribution is 6.06. The summed E-state index contributed by atoms with van der Waals surface area (Å²) in [5.41, 5.74) is 2.78. The van der Waals surface area contributed by atoms with Crippen molar-refractivity contribution in [3.8, 4) is 6.07 Å². The maximum Gasteiger partial charge on any atom is 0.274 e. The van der Waals surface area contributed by atoms with Gasteiger partial charge in [-0.15, -0.1) is 0 Å². The predicted molar refractivity (Wildman–Crippen MR) is 107 cm³/mol. The summed E-state index contributed by atoms with van der Waals surface area (Å²) in [5.74, 6) is -0.902. The minimum Gasteiger partial charge on any atom is -0.321 e. The molecule has 3 aromatic rings. The molecule has 6 heteroatoms. The summed E-state index contributed by atoms with van der Waals surface area (Å²) >= 11 is 0. The molecule has 28 heavy (non-hydrogen) atoms. The molecule has 0 radical (unpaired) electrons. The zero-order chi connectivity index (χ0) is 19.9. The van der Waals surface area contributed by atoms with Crippen LogP contribution in [0.25, 0.3) is 0 Å². The average molecular weight is 370 g/mol. The topological polar surface area (TPSA) is 94.9 Å². The monoisotopic (exact) mass is 370 g/mol. The Balaban J connectivity index is 1.74. The quantitative estimate of drug-likeness (QED) is 0.709. The second kappa shape index (κ2) is 8.60. The van der Waals surface area contributed by atoms with Crippen molar-refractivity contribution in [2.45, 2.75) is 13.3 Å². The molecule has 0 unspecified atom stereocenters. The molecule has 1 aromatic heterocycles. The van der Waals surface area contributed by atoms with Gasteiger partial charge in [-0.2, -0.15) is 5.26 Å². The number of nitriles is 1. The second-order valence-corrected chi connectivity index (χ2v) is 6.02. The van der Waals surface area contributed by atoms with Crippen LogP contribution in [0.15, 0.2) is 66.7 Å². The Hall–Kier alpha value is -3.98. The number of carbonyl (C=O) groups excluding carboxylic acids is 2. The van der Waals surface area contributed by atoms with E-state index in [1.165, 1.54) is 17.7 Å². The number of anilines is 2. The summed E-state index contributed by atoms with van der Waals surface area (Å²) in [7, 11) is 0. The zero-order valence-electron chi connectivity index (χ0n) is 15.3. The fourth-order valence-corrected chi connectivity index (χ4v) is 2.58. The molecule has 0 aliphatic rings. The van der Waals surface area contributed by atoms with E-state index in [9.17, 15) is 9.59 Å². The summed E-state index contributed by atoms with van der Waals surface area (Å²) < 4.78 is 0. The van der Waals surface area contributed by atoms with E-state index >= 15 is 0 Å². The van der Waals surface area contributed by atoms with Gasteiger partial charge in [-0.3, -0.25) is 9.59 Å². The molecule has 0 atom stereocenters. The first-order valence-corrected chi connectivity index (χ1v) is 8.78. The minimum atomic E-state index is -0.496. The molecule has 0 bridgehead atoms. The van der Waals surface area contributed by atoms with Crippen molar-refractivity contribution in [2.75, 3.05) is 10.6 Å². The van der Waals surface area contributed by atoms with Crippen molar-refractivity contribution in [2.24, 2.45) is 0 Å². The SMILES string of the molecule is CCc1ccc(NC(=O)c2cccc(C(=O)Nc3ccccc3C#N)n2)cc1. The molecule has 6 nitrogen and oxygen atoms in total. The highest BCUT2D eigenvalue weighted by atomic mass is 16.2. The van der Waals surface area contributed by atoms with Crippen LogP contribution in [0.2, 0.25) is 0 Å². The van der Waals surface area contributed by atoms with E-state index in [2.05, 4.69) is 22.5 Å². The molecule has 1 heterocycles. The maximum atomic E-state index is 12.5. The van der Waals surface area contributed by atoms with E-state index in [-0.39, 0.29) is 11.4 Å². The van der Waals surface area contributed by atoms with Crippen LogP contribution in [0.5, 0.6) is 0 Å². The standard InChI is InChI=1S/C22H18N4O2/c1-2-15-10-12-17(13-11-15)24-21(27)19-8-5-9-20(25-19)22(28)26-18-7-4-3-6-16(18)14-23/h3-13H,2H2,1H3,(H,24,27)(H,26,28). The third kappa shape index (κ3) is 4.40. The van der Waals surface area contributed by atoms with Gasteiger partial charge < -0.3 is 10.6 Å². The Morgan fingerprint density at radius 2 is 1.54 bits per heavy atom. The van der Waals surface area contributed by atoms with Crippen LogP contribution in [0.4, 0.5) is 11.4 Å². The number of aromatic nitrogens is 1. The lowest BCUT2D eigenvalue weighted by Crippen LogP contribution is -2.18. The molecule has 138 valence electrons. The maximum absolute atomic E-state index is 12.5. The number of pyridine rings is 1. The molecule has 2 amide bonds. The number of nitrogens with one attached hydrogen (secondary N) is 2. The van der Waals surface area contributed by atoms with Crippen molar-refractivity contribution in [3.63, 3.8) is 0 Å². The molecule has 2 aromatic carbocycles. The van der Waals surface area contributed by atoms with Gasteiger partial charge in [0.05, 0.1) is 11.3 Å². The number of benzene rings is 2. The zero-order valence-corrected chi connectivity index (χ0v) is 15.3. The highest BCUT2D eigenvalue weighted by Crippen LogP contribution is 2.15. The Bertz CT molecular complexity index is 1050. The number of aryl methyl sites for hydroxylation is 1. The average Bonchev–Trinajstić information content (AvgIpc) is 2.74. The molecule has 3 rings (SSSR count). The van der Waals surface area contributed by atoms with Crippen LogP contribution in [0.1, 0.15) is 39.0 Å². The van der Waals surface area contributed by atoms with Gasteiger partial charge in [-0.25, -0.2) is 4.98 Å². The molecular weight excluding hydrogens is 352 g/mol. The van der Waals surface area contributed by atoms with Crippen molar-refractivity contribution in [3.05, 3.63) is 89.2 Å². The van der Waals surface area contributed by atoms with Crippen molar-refractivity contribution >= 4 is 23.2 Å². The smallest absolute Gasteiger partial charge is 0.274 e. The second-order valence-electron chi connectivity index (χ2n) is 6.02. The van der Waals surface area contributed by atoms with Gasteiger partial charge >= 0.3 is 0 Å². The fraction of sp³-hybridized carbons (Fsp3) is 0.0909. The Morgan fingerprint density at radius 3 is 2.18 bits per heavy atom. The normalized spacial score (nSPS) is 10.0. The lowest BCUT2D eigenvalue weighted by atomic mass is 10.1. The molecular formula is C22H18N4O2. The molecule has 0 saturated heterocycles. The first-order valence-electron chi connectivity index (χ1n) is 8.78. The van der Waals surface area contributed by atoms with Gasteiger partial charge in [0.15, 0.2) is 0 Å². The molecule has 0 aliphatic heterocycles. The van der Waals surface area contributed by atoms with Crippen LogP contribution >= 0.6 is 0 Å². The van der Waals surface area contributed by atoms with Crippen molar-refractivity contribution in [1.82, 2.24) is 4.98 Å². The summed E-state index contributed by atoms with van der Waals surface area (Å²) in [4.78, 5) is 29.1. The Labute approximate surface area is 162 Å². The molecule has 0 fully saturated rings. The largest absolute Gasteiger partial charge is 0.321 e. The van der Waals surface area contributed by atoms with E-state index in [0.29, 0.717) is 16.9 Å². The number of para-hydroxylation sites is 1. The van der Waals surface area contributed by atoms with E-state index in [1.54, 1.807) is 30.3 Å². The van der Waals surface area contributed by atoms with Gasteiger partial charge in [0, 0.05) is 5.69 Å². The van der Waals surface area contributed by atoms with Gasteiger partial charge in [0.2, 0.25) is 0 Å². The Morgan fingerprint density at radius 1 is 0.893 bits per heavy atom. The first-order chi connectivity index (χ1) is 13.6. The summed E-state index contributed by atoms with van der Waals surface area (Å²) in [5, 5.41) is 14.5. The van der Waals surface area contributed by atoms with E-state index < -0.39 is 11.8 Å². The summed E-state index contributed by atoms with van der Waals surface area (Å²) in [6, 6.07) is 20.9. The number of rotatable bonds is 5. The molecule has 0 saturated carbocycles. The Kier molecular flexibility index (Phi) is 5.78. The number of hydrogen-bond donors (Lipinski definition) is 2. The van der Waals surface area contributed by atoms with E-state index in [0.717, 1.165) is 6.42 Å². The molecule has 2 N–H and O–H groups in total. The number of hydrogen-bond acceptors (Lipinski definition) is 4. The third-order valence-corrected chi connectivity index (χ3v) is 4.13. The number of amides is 2. The van der Waals surface area contributed by atoms with Crippen LogP contribution < -0.4 is 10.6 Å². The van der Waals surface area contributed by atoms with Crippen molar-refractivity contribution < 1.29 is 9.59 Å². The highest BCUT2D eigenvalue weighted by Gasteiger charge is 2.14. The van der Waals surface area contributed by atoms with Gasteiger partial charge in [0.1, 0.15) is 17.5 Å². The van der Waals surface area contributed by atoms with Gasteiger partial charge in [-0.05, 0) is 48.4 Å². The number of carbonyl (C=O) groups is 2. The van der Waals surface area contributed by atoms with E-state index in [4.69, 9.17) is 5.26 Å². The van der Waals surface area contributed by atoms with Crippen LogP contribution in [-0.4, -0.2) is 16.8 Å². The molecule has 0 spiro atoms. The van der Waals surface area contributed by atoms with Gasteiger partial charge in [0.25, 0.3) is 11.8 Å². The summed E-state index contributed by atoms with van der Waals surface area (Å²) in [6.07, 6.45) is 0.919. The van der Waals surface area contributed by atoms with Crippen LogP contribution in [0, 0.1) is 11.3 Å². The fourth-order valence-electron chi connectivity index (χ4n) is 2.58. The summed E-state index contributed by atoms with van der Waals surface area (Å²) in [6.45, 7) is 2.06. The lowest BCUT2D eigenvalue weighted by Gasteiger charge is -2.08. The number of nitrogens with zero attached hydrogens (tertiary/aromatic N) is 2. The van der Waals surface area contributed by atoms with Crippen LogP contribution in [0.3, 0.4) is 0 Å². The lowest BCUT2D eigenvalue weighted by molar-refractivity contribution is 0.101. The first kappa shape index (κ1) is 18.8. The van der Waals surface area contributed by atoms with Crippen molar-refractivity contribution in [1.29, 1.82) is 5.26 Å². The van der Waals surface area contributed by atoms with E-state index in [1.807, 2.05) is 30.3 Å².